The van der Waals surface area contributed by atoms with Crippen molar-refractivity contribution < 1.29 is 9.90 Å². The van der Waals surface area contributed by atoms with Crippen molar-refractivity contribution in [2.75, 3.05) is 0 Å². The lowest BCUT2D eigenvalue weighted by Gasteiger charge is -2.33. The van der Waals surface area contributed by atoms with Gasteiger partial charge in [0.1, 0.15) is 5.75 Å². The van der Waals surface area contributed by atoms with Crippen LogP contribution in [0.3, 0.4) is 0 Å². The first kappa shape index (κ1) is 14.8. The summed E-state index contributed by atoms with van der Waals surface area (Å²) in [5, 5.41) is 12.5. The standard InChI is InChI=1S/C15H20N2O2S/c16-14(20)15(8-3-1-2-4-9-15)17-13(19)11-6-5-7-12(18)10-11/h5-7,10,18H,1-4,8-9H2,(H2,16,20)(H,17,19). The Morgan fingerprint density at radius 2 is 1.90 bits per heavy atom. The van der Waals surface area contributed by atoms with E-state index in [9.17, 15) is 9.90 Å². The van der Waals surface area contributed by atoms with E-state index in [1.165, 1.54) is 12.1 Å². The van der Waals surface area contributed by atoms with E-state index >= 15 is 0 Å². The third-order valence-electron chi connectivity index (χ3n) is 3.89. The Morgan fingerprint density at radius 1 is 1.25 bits per heavy atom. The molecule has 0 heterocycles. The maximum atomic E-state index is 12.3. The maximum absolute atomic E-state index is 12.3. The van der Waals surface area contributed by atoms with Gasteiger partial charge in [0, 0.05) is 5.56 Å². The Balaban J connectivity index is 2.19. The first-order chi connectivity index (χ1) is 9.53. The highest BCUT2D eigenvalue weighted by Gasteiger charge is 2.35. The Labute approximate surface area is 124 Å². The number of benzene rings is 1. The van der Waals surface area contributed by atoms with E-state index in [0.29, 0.717) is 10.6 Å². The second kappa shape index (κ2) is 6.22. The van der Waals surface area contributed by atoms with Gasteiger partial charge in [0.05, 0.1) is 10.5 Å². The maximum Gasteiger partial charge on any atom is 0.252 e. The lowest BCUT2D eigenvalue weighted by atomic mass is 9.89. The van der Waals surface area contributed by atoms with Crippen LogP contribution in [-0.2, 0) is 0 Å². The van der Waals surface area contributed by atoms with Crippen molar-refractivity contribution in [3.63, 3.8) is 0 Å². The molecule has 0 saturated heterocycles. The number of phenolic OH excluding ortho intramolecular Hbond substituents is 1. The molecule has 1 aliphatic rings. The van der Waals surface area contributed by atoms with Crippen LogP contribution in [0.2, 0.25) is 0 Å². The van der Waals surface area contributed by atoms with Crippen LogP contribution in [0, 0.1) is 0 Å². The Kier molecular flexibility index (Phi) is 4.60. The quantitative estimate of drug-likeness (QED) is 0.591. The molecule has 1 saturated carbocycles. The van der Waals surface area contributed by atoms with Crippen LogP contribution in [0.5, 0.6) is 5.75 Å². The molecule has 0 spiro atoms. The van der Waals surface area contributed by atoms with Crippen molar-refractivity contribution in [3.8, 4) is 5.75 Å². The molecule has 0 unspecified atom stereocenters. The fourth-order valence-corrected chi connectivity index (χ4v) is 2.96. The van der Waals surface area contributed by atoms with Gasteiger partial charge in [0.25, 0.3) is 5.91 Å². The molecule has 1 fully saturated rings. The van der Waals surface area contributed by atoms with Crippen molar-refractivity contribution in [2.24, 2.45) is 5.73 Å². The lowest BCUT2D eigenvalue weighted by Crippen LogP contribution is -2.56. The highest BCUT2D eigenvalue weighted by Crippen LogP contribution is 2.28. The summed E-state index contributed by atoms with van der Waals surface area (Å²) in [6, 6.07) is 6.29. The number of nitrogens with one attached hydrogen (secondary N) is 1. The van der Waals surface area contributed by atoms with E-state index in [-0.39, 0.29) is 11.7 Å². The molecule has 108 valence electrons. The number of phenols is 1. The molecule has 1 aliphatic carbocycles. The van der Waals surface area contributed by atoms with E-state index in [0.717, 1.165) is 38.5 Å². The molecule has 4 nitrogen and oxygen atoms in total. The zero-order valence-electron chi connectivity index (χ0n) is 11.4. The number of thiocarbonyl (C=S) groups is 1. The fourth-order valence-electron chi connectivity index (χ4n) is 2.70. The number of nitrogens with two attached hydrogens (primary N) is 1. The molecule has 0 bridgehead atoms. The molecule has 1 aromatic rings. The van der Waals surface area contributed by atoms with Crippen molar-refractivity contribution in [1.29, 1.82) is 0 Å². The van der Waals surface area contributed by atoms with Crippen LogP contribution >= 0.6 is 12.2 Å². The number of carbonyl (C=O) groups is 1. The fraction of sp³-hybridized carbons (Fsp3) is 0.467. The minimum absolute atomic E-state index is 0.0721. The number of amides is 1. The summed E-state index contributed by atoms with van der Waals surface area (Å²) in [4.78, 5) is 12.7. The highest BCUT2D eigenvalue weighted by atomic mass is 32.1. The third kappa shape index (κ3) is 3.28. The lowest BCUT2D eigenvalue weighted by molar-refractivity contribution is 0.0917. The second-order valence-electron chi connectivity index (χ2n) is 5.37. The van der Waals surface area contributed by atoms with Crippen LogP contribution in [-0.4, -0.2) is 21.5 Å². The molecule has 5 heteroatoms. The first-order valence-electron chi connectivity index (χ1n) is 6.95. The van der Waals surface area contributed by atoms with Gasteiger partial charge in [-0.1, -0.05) is 44.0 Å². The molecule has 1 amide bonds. The van der Waals surface area contributed by atoms with Gasteiger partial charge in [-0.15, -0.1) is 0 Å². The van der Waals surface area contributed by atoms with E-state index in [1.807, 2.05) is 0 Å². The monoisotopic (exact) mass is 292 g/mol. The number of rotatable bonds is 3. The zero-order chi connectivity index (χ0) is 14.6. The Bertz CT molecular complexity index is 508. The molecule has 20 heavy (non-hydrogen) atoms. The SMILES string of the molecule is NC(=S)C1(NC(=O)c2cccc(O)c2)CCCCCC1. The summed E-state index contributed by atoms with van der Waals surface area (Å²) in [6.07, 6.45) is 5.88. The van der Waals surface area contributed by atoms with Gasteiger partial charge in [-0.3, -0.25) is 4.79 Å². The van der Waals surface area contributed by atoms with Crippen LogP contribution < -0.4 is 11.1 Å². The topological polar surface area (TPSA) is 75.3 Å². The smallest absolute Gasteiger partial charge is 0.252 e. The molecule has 0 radical (unpaired) electrons. The Morgan fingerprint density at radius 3 is 2.45 bits per heavy atom. The summed E-state index contributed by atoms with van der Waals surface area (Å²) >= 11 is 5.20. The number of hydrogen-bond acceptors (Lipinski definition) is 3. The number of carbonyl (C=O) groups excluding carboxylic acids is 1. The zero-order valence-corrected chi connectivity index (χ0v) is 12.2. The summed E-state index contributed by atoms with van der Waals surface area (Å²) < 4.78 is 0. The predicted molar refractivity (Wildman–Crippen MR) is 82.8 cm³/mol. The molecular weight excluding hydrogens is 272 g/mol. The van der Waals surface area contributed by atoms with Crippen LogP contribution in [0.1, 0.15) is 48.9 Å². The van der Waals surface area contributed by atoms with Crippen molar-refractivity contribution in [1.82, 2.24) is 5.32 Å². The minimum Gasteiger partial charge on any atom is -0.508 e. The largest absolute Gasteiger partial charge is 0.508 e. The van der Waals surface area contributed by atoms with E-state index in [4.69, 9.17) is 18.0 Å². The minimum atomic E-state index is -0.589. The van der Waals surface area contributed by atoms with Crippen LogP contribution in [0.25, 0.3) is 0 Å². The van der Waals surface area contributed by atoms with Crippen molar-refractivity contribution in [3.05, 3.63) is 29.8 Å². The van der Waals surface area contributed by atoms with Gasteiger partial charge in [-0.2, -0.15) is 0 Å². The third-order valence-corrected chi connectivity index (χ3v) is 4.28. The Hall–Kier alpha value is -1.62. The van der Waals surface area contributed by atoms with Gasteiger partial charge < -0.3 is 16.2 Å². The summed E-state index contributed by atoms with van der Waals surface area (Å²) in [5.74, 6) is -0.168. The van der Waals surface area contributed by atoms with Crippen LogP contribution in [0.15, 0.2) is 24.3 Å². The normalized spacial score (nSPS) is 18.0. The molecule has 0 aromatic heterocycles. The molecular formula is C15H20N2O2S. The highest BCUT2D eigenvalue weighted by molar-refractivity contribution is 7.80. The van der Waals surface area contributed by atoms with Gasteiger partial charge in [-0.05, 0) is 31.0 Å². The summed E-state index contributed by atoms with van der Waals surface area (Å²) in [5.41, 5.74) is 5.73. The van der Waals surface area contributed by atoms with Crippen LogP contribution in [0.4, 0.5) is 0 Å². The van der Waals surface area contributed by atoms with E-state index in [2.05, 4.69) is 5.32 Å². The molecule has 2 rings (SSSR count). The average molecular weight is 292 g/mol. The number of aromatic hydroxyl groups is 1. The molecule has 1 aromatic carbocycles. The van der Waals surface area contributed by atoms with Crippen molar-refractivity contribution >= 4 is 23.1 Å². The van der Waals surface area contributed by atoms with Crippen molar-refractivity contribution in [2.45, 2.75) is 44.1 Å². The summed E-state index contributed by atoms with van der Waals surface area (Å²) in [6.45, 7) is 0. The average Bonchev–Trinajstić information content (AvgIpc) is 2.65. The van der Waals surface area contributed by atoms with E-state index < -0.39 is 5.54 Å². The molecule has 4 N–H and O–H groups in total. The number of hydrogen-bond donors (Lipinski definition) is 3. The van der Waals surface area contributed by atoms with E-state index in [1.54, 1.807) is 12.1 Å². The van der Waals surface area contributed by atoms with Gasteiger partial charge in [0.15, 0.2) is 0 Å². The van der Waals surface area contributed by atoms with Gasteiger partial charge >= 0.3 is 0 Å². The molecule has 0 atom stereocenters. The summed E-state index contributed by atoms with van der Waals surface area (Å²) in [7, 11) is 0. The van der Waals surface area contributed by atoms with Gasteiger partial charge in [-0.25, -0.2) is 0 Å². The van der Waals surface area contributed by atoms with Gasteiger partial charge in [0.2, 0.25) is 0 Å². The molecule has 0 aliphatic heterocycles. The predicted octanol–water partition coefficient (Wildman–Crippen LogP) is 2.50. The first-order valence-corrected chi connectivity index (χ1v) is 7.36. The second-order valence-corrected chi connectivity index (χ2v) is 5.80.